The van der Waals surface area contributed by atoms with Crippen LogP contribution in [0.2, 0.25) is 0 Å². The second kappa shape index (κ2) is 4.94. The summed E-state index contributed by atoms with van der Waals surface area (Å²) < 4.78 is 1.76. The molecule has 0 atom stereocenters. The monoisotopic (exact) mass is 284 g/mol. The Morgan fingerprint density at radius 1 is 1.25 bits per heavy atom. The van der Waals surface area contributed by atoms with Crippen molar-refractivity contribution >= 4 is 28.0 Å². The van der Waals surface area contributed by atoms with E-state index in [-0.39, 0.29) is 11.3 Å². The molecular weight excluding hydrogens is 272 g/mol. The molecule has 1 aromatic heterocycles. The fourth-order valence-electron chi connectivity index (χ4n) is 1.98. The molecule has 0 aliphatic heterocycles. The summed E-state index contributed by atoms with van der Waals surface area (Å²) in [5.74, 6) is -0.483. The number of hydrogen-bond acceptors (Lipinski definition) is 3. The highest BCUT2D eigenvalue weighted by molar-refractivity contribution is 7.07. The maximum atomic E-state index is 12.2. The Kier molecular flexibility index (Phi) is 3.12. The van der Waals surface area contributed by atoms with Gasteiger partial charge in [-0.15, -0.1) is 11.3 Å². The minimum Gasteiger partial charge on any atom is -0.507 e. The second-order valence-corrected chi connectivity index (χ2v) is 5.30. The van der Waals surface area contributed by atoms with Gasteiger partial charge in [0.05, 0.1) is 5.56 Å². The Labute approximate surface area is 119 Å². The highest BCUT2D eigenvalue weighted by Crippen LogP contribution is 2.25. The average molecular weight is 284 g/mol. The molecule has 1 amide bonds. The number of aromatic hydroxyl groups is 1. The van der Waals surface area contributed by atoms with Gasteiger partial charge in [-0.1, -0.05) is 24.3 Å². The van der Waals surface area contributed by atoms with E-state index in [0.29, 0.717) is 4.80 Å². The first-order chi connectivity index (χ1) is 9.65. The van der Waals surface area contributed by atoms with Gasteiger partial charge in [-0.05, 0) is 22.9 Å². The van der Waals surface area contributed by atoms with Crippen LogP contribution in [0.3, 0.4) is 0 Å². The molecule has 0 radical (unpaired) electrons. The van der Waals surface area contributed by atoms with Crippen LogP contribution in [0.25, 0.3) is 10.8 Å². The molecule has 0 fully saturated rings. The van der Waals surface area contributed by atoms with Gasteiger partial charge in [-0.2, -0.15) is 4.99 Å². The van der Waals surface area contributed by atoms with Crippen molar-refractivity contribution in [3.05, 3.63) is 58.3 Å². The molecule has 3 aromatic rings. The summed E-state index contributed by atoms with van der Waals surface area (Å²) in [5, 5.41) is 13.6. The summed E-state index contributed by atoms with van der Waals surface area (Å²) in [6, 6.07) is 10.8. The number of hydrogen-bond donors (Lipinski definition) is 1. The summed E-state index contributed by atoms with van der Waals surface area (Å²) >= 11 is 1.38. The minimum absolute atomic E-state index is 0.0448. The van der Waals surface area contributed by atoms with Gasteiger partial charge in [0.1, 0.15) is 5.75 Å². The first-order valence-electron chi connectivity index (χ1n) is 6.06. The topological polar surface area (TPSA) is 54.6 Å². The fraction of sp³-hybridized carbons (Fsp3) is 0.0667. The Balaban J connectivity index is 2.13. The van der Waals surface area contributed by atoms with Crippen molar-refractivity contribution in [2.75, 3.05) is 0 Å². The second-order valence-electron chi connectivity index (χ2n) is 4.43. The molecule has 0 saturated carbocycles. The van der Waals surface area contributed by atoms with Gasteiger partial charge in [0.2, 0.25) is 0 Å². The van der Waals surface area contributed by atoms with Gasteiger partial charge in [0.15, 0.2) is 4.80 Å². The van der Waals surface area contributed by atoms with Crippen LogP contribution < -0.4 is 4.80 Å². The maximum Gasteiger partial charge on any atom is 0.283 e. The van der Waals surface area contributed by atoms with Crippen molar-refractivity contribution in [1.29, 1.82) is 0 Å². The zero-order chi connectivity index (χ0) is 14.1. The lowest BCUT2D eigenvalue weighted by Crippen LogP contribution is -2.12. The van der Waals surface area contributed by atoms with E-state index in [1.165, 1.54) is 11.3 Å². The third-order valence-corrected chi connectivity index (χ3v) is 3.90. The van der Waals surface area contributed by atoms with Crippen molar-refractivity contribution in [3.63, 3.8) is 0 Å². The normalized spacial score (nSPS) is 11.9. The van der Waals surface area contributed by atoms with Crippen molar-refractivity contribution < 1.29 is 9.90 Å². The van der Waals surface area contributed by atoms with Crippen LogP contribution >= 0.6 is 11.3 Å². The summed E-state index contributed by atoms with van der Waals surface area (Å²) in [5.41, 5.74) is 0.220. The highest BCUT2D eigenvalue weighted by atomic mass is 32.1. The number of rotatable bonds is 1. The van der Waals surface area contributed by atoms with Gasteiger partial charge in [-0.3, -0.25) is 4.79 Å². The van der Waals surface area contributed by atoms with Crippen molar-refractivity contribution in [1.82, 2.24) is 4.57 Å². The molecule has 1 heterocycles. The van der Waals surface area contributed by atoms with Crippen molar-refractivity contribution in [2.45, 2.75) is 0 Å². The molecule has 2 aromatic carbocycles. The third kappa shape index (κ3) is 2.23. The number of aromatic nitrogens is 1. The molecule has 0 aliphatic rings. The Bertz CT molecular complexity index is 861. The minimum atomic E-state index is -0.439. The van der Waals surface area contributed by atoms with E-state index in [1.54, 1.807) is 16.7 Å². The van der Waals surface area contributed by atoms with Crippen LogP contribution in [0.1, 0.15) is 10.4 Å². The fourth-order valence-corrected chi connectivity index (χ4v) is 2.71. The number of aryl methyl sites for hydroxylation is 1. The molecule has 0 bridgehead atoms. The molecule has 0 aliphatic carbocycles. The number of phenolic OH excluding ortho intramolecular Hbond substituents is 1. The van der Waals surface area contributed by atoms with Gasteiger partial charge in [0, 0.05) is 18.6 Å². The number of amides is 1. The molecule has 0 unspecified atom stereocenters. The summed E-state index contributed by atoms with van der Waals surface area (Å²) in [6.45, 7) is 0. The van der Waals surface area contributed by atoms with E-state index in [2.05, 4.69) is 4.99 Å². The van der Waals surface area contributed by atoms with Gasteiger partial charge < -0.3 is 9.67 Å². The van der Waals surface area contributed by atoms with E-state index in [9.17, 15) is 9.90 Å². The predicted molar refractivity (Wildman–Crippen MR) is 78.8 cm³/mol. The third-order valence-electron chi connectivity index (χ3n) is 3.05. The van der Waals surface area contributed by atoms with Crippen molar-refractivity contribution in [2.24, 2.45) is 12.0 Å². The van der Waals surface area contributed by atoms with Gasteiger partial charge >= 0.3 is 0 Å². The van der Waals surface area contributed by atoms with E-state index >= 15 is 0 Å². The van der Waals surface area contributed by atoms with Gasteiger partial charge in [0.25, 0.3) is 5.91 Å². The number of nitrogens with zero attached hydrogens (tertiary/aromatic N) is 2. The molecule has 20 heavy (non-hydrogen) atoms. The number of carbonyl (C=O) groups is 1. The smallest absolute Gasteiger partial charge is 0.283 e. The molecule has 100 valence electrons. The van der Waals surface area contributed by atoms with Crippen LogP contribution in [0, 0.1) is 0 Å². The zero-order valence-electron chi connectivity index (χ0n) is 10.8. The van der Waals surface area contributed by atoms with E-state index in [1.807, 2.05) is 42.9 Å². The van der Waals surface area contributed by atoms with E-state index < -0.39 is 5.91 Å². The van der Waals surface area contributed by atoms with Crippen LogP contribution in [-0.4, -0.2) is 15.6 Å². The molecule has 0 saturated heterocycles. The summed E-state index contributed by atoms with van der Waals surface area (Å²) in [6.07, 6.45) is 1.83. The van der Waals surface area contributed by atoms with Crippen LogP contribution in [0.4, 0.5) is 0 Å². The van der Waals surface area contributed by atoms with Crippen molar-refractivity contribution in [3.8, 4) is 5.75 Å². The molecular formula is C15H12N2O2S. The average Bonchev–Trinajstić information content (AvgIpc) is 2.83. The SMILES string of the molecule is Cn1ccsc1=NC(=O)c1cc2ccccc2cc1O. The van der Waals surface area contributed by atoms with E-state index in [0.717, 1.165) is 10.8 Å². The number of carbonyl (C=O) groups excluding carboxylic acids is 1. The molecule has 0 spiro atoms. The number of thiazole rings is 1. The highest BCUT2D eigenvalue weighted by Gasteiger charge is 2.11. The number of fused-ring (bicyclic) bond motifs is 1. The number of phenols is 1. The largest absolute Gasteiger partial charge is 0.507 e. The lowest BCUT2D eigenvalue weighted by Gasteiger charge is -2.03. The quantitative estimate of drug-likeness (QED) is 0.747. The first kappa shape index (κ1) is 12.6. The molecule has 4 nitrogen and oxygen atoms in total. The summed E-state index contributed by atoms with van der Waals surface area (Å²) in [4.78, 5) is 16.8. The molecule has 5 heteroatoms. The Morgan fingerprint density at radius 2 is 1.95 bits per heavy atom. The molecule has 3 rings (SSSR count). The maximum absolute atomic E-state index is 12.2. The lowest BCUT2D eigenvalue weighted by atomic mass is 10.1. The lowest BCUT2D eigenvalue weighted by molar-refractivity contribution is 0.0995. The first-order valence-corrected chi connectivity index (χ1v) is 6.94. The predicted octanol–water partition coefficient (Wildman–Crippen LogP) is 2.69. The molecule has 1 N–H and O–H groups in total. The Hall–Kier alpha value is -2.40. The summed E-state index contributed by atoms with van der Waals surface area (Å²) in [7, 11) is 1.82. The van der Waals surface area contributed by atoms with Gasteiger partial charge in [-0.25, -0.2) is 0 Å². The standard InChI is InChI=1S/C15H12N2O2S/c1-17-6-7-20-15(17)16-14(19)12-8-10-4-2-3-5-11(10)9-13(12)18/h2-9,18H,1H3. The number of benzene rings is 2. The zero-order valence-corrected chi connectivity index (χ0v) is 11.6. The van der Waals surface area contributed by atoms with Crippen LogP contribution in [0.5, 0.6) is 5.75 Å². The van der Waals surface area contributed by atoms with E-state index in [4.69, 9.17) is 0 Å². The van der Waals surface area contributed by atoms with Crippen LogP contribution in [0.15, 0.2) is 53.0 Å². The van der Waals surface area contributed by atoms with Crippen LogP contribution in [-0.2, 0) is 7.05 Å². The Morgan fingerprint density at radius 3 is 2.60 bits per heavy atom.